The Labute approximate surface area is 171 Å². The maximum Gasteiger partial charge on any atom is 0.134 e. The van der Waals surface area contributed by atoms with Crippen molar-refractivity contribution in [2.75, 3.05) is 0 Å². The molecule has 3 aromatic rings. The highest BCUT2D eigenvalue weighted by atomic mass is 32.1. The van der Waals surface area contributed by atoms with Gasteiger partial charge in [-0.1, -0.05) is 45.9 Å². The lowest BCUT2D eigenvalue weighted by molar-refractivity contribution is 0.218. The summed E-state index contributed by atoms with van der Waals surface area (Å²) in [6.45, 7) is 9.13. The van der Waals surface area contributed by atoms with Crippen molar-refractivity contribution in [1.82, 2.24) is 4.98 Å². The van der Waals surface area contributed by atoms with Gasteiger partial charge >= 0.3 is 0 Å². The maximum absolute atomic E-state index is 9.76. The first-order valence-electron chi connectivity index (χ1n) is 10.1. The summed E-state index contributed by atoms with van der Waals surface area (Å²) in [4.78, 5) is 9.52. The highest BCUT2D eigenvalue weighted by molar-refractivity contribution is 7.16. The molecule has 2 heterocycles. The van der Waals surface area contributed by atoms with Gasteiger partial charge in [0.2, 0.25) is 0 Å². The summed E-state index contributed by atoms with van der Waals surface area (Å²) in [6, 6.07) is 8.82. The fraction of sp³-hybridized carbons (Fsp3) is 0.417. The molecule has 3 nitrogen and oxygen atoms in total. The lowest BCUT2D eigenvalue weighted by atomic mass is 9.72. The topological polar surface area (TPSA) is 51.9 Å². The number of fused-ring (bicyclic) bond motifs is 2. The predicted molar refractivity (Wildman–Crippen MR) is 119 cm³/mol. The van der Waals surface area contributed by atoms with Crippen molar-refractivity contribution < 1.29 is 0 Å². The zero-order valence-electron chi connectivity index (χ0n) is 17.1. The van der Waals surface area contributed by atoms with E-state index >= 15 is 0 Å². The van der Waals surface area contributed by atoms with Crippen LogP contribution in [0.1, 0.15) is 61.2 Å². The molecule has 0 unspecified atom stereocenters. The minimum atomic E-state index is 0.305. The second-order valence-corrected chi connectivity index (χ2v) is 9.88. The SMILES string of the molecule is CCc1cccc2c(C=Nc3sc4c(c3C#N)CC[C@H](C(C)(C)C)C4)c[nH]c12. The van der Waals surface area contributed by atoms with Crippen LogP contribution in [0.15, 0.2) is 29.4 Å². The normalized spacial score (nSPS) is 17.2. The van der Waals surface area contributed by atoms with E-state index in [1.54, 1.807) is 11.3 Å². The summed E-state index contributed by atoms with van der Waals surface area (Å²) < 4.78 is 0. The Balaban J connectivity index is 1.68. The van der Waals surface area contributed by atoms with Crippen LogP contribution in [-0.4, -0.2) is 11.2 Å². The smallest absolute Gasteiger partial charge is 0.134 e. The average Bonchev–Trinajstić information content (AvgIpc) is 3.25. The van der Waals surface area contributed by atoms with Crippen LogP contribution in [0, 0.1) is 22.7 Å². The fourth-order valence-electron chi connectivity index (χ4n) is 4.29. The standard InChI is InChI=1S/C24H27N3S/c1-5-15-7-6-8-18-16(13-26-22(15)18)14-27-23-20(12-25)19-10-9-17(24(2,3)4)11-21(19)28-23/h6-8,13-14,17,26H,5,9-11H2,1-4H3/t17-/m0/s1. The van der Waals surface area contributed by atoms with Gasteiger partial charge in [-0.25, -0.2) is 4.99 Å². The monoisotopic (exact) mass is 389 g/mol. The zero-order valence-corrected chi connectivity index (χ0v) is 17.9. The first kappa shape index (κ1) is 19.0. The van der Waals surface area contributed by atoms with Gasteiger partial charge in [-0.15, -0.1) is 11.3 Å². The molecule has 1 atom stereocenters. The molecule has 28 heavy (non-hydrogen) atoms. The molecule has 0 spiro atoms. The Hall–Kier alpha value is -2.38. The summed E-state index contributed by atoms with van der Waals surface area (Å²) >= 11 is 1.71. The number of hydrogen-bond acceptors (Lipinski definition) is 3. The highest BCUT2D eigenvalue weighted by Crippen LogP contribution is 2.44. The van der Waals surface area contributed by atoms with E-state index in [1.165, 1.54) is 26.9 Å². The second-order valence-electron chi connectivity index (χ2n) is 8.80. The number of aromatic amines is 1. The molecule has 1 N–H and O–H groups in total. The maximum atomic E-state index is 9.76. The van der Waals surface area contributed by atoms with Gasteiger partial charge in [-0.2, -0.15) is 5.26 Å². The highest BCUT2D eigenvalue weighted by Gasteiger charge is 2.32. The Kier molecular flexibility index (Phi) is 4.89. The second kappa shape index (κ2) is 7.22. The van der Waals surface area contributed by atoms with Crippen molar-refractivity contribution >= 4 is 33.5 Å². The van der Waals surface area contributed by atoms with E-state index in [0.29, 0.717) is 11.3 Å². The minimum Gasteiger partial charge on any atom is -0.360 e. The van der Waals surface area contributed by atoms with E-state index in [9.17, 15) is 5.26 Å². The number of benzene rings is 1. The molecule has 0 aliphatic heterocycles. The molecule has 144 valence electrons. The third-order valence-electron chi connectivity index (χ3n) is 6.12. The van der Waals surface area contributed by atoms with Crippen molar-refractivity contribution in [3.63, 3.8) is 0 Å². The Morgan fingerprint density at radius 1 is 1.36 bits per heavy atom. The quantitative estimate of drug-likeness (QED) is 0.506. The van der Waals surface area contributed by atoms with Crippen molar-refractivity contribution in [2.24, 2.45) is 16.3 Å². The molecule has 0 amide bonds. The molecular formula is C24H27N3S. The van der Waals surface area contributed by atoms with Gasteiger partial charge in [0, 0.05) is 33.8 Å². The minimum absolute atomic E-state index is 0.305. The third-order valence-corrected chi connectivity index (χ3v) is 7.28. The molecule has 2 aromatic heterocycles. The number of aromatic nitrogens is 1. The molecule has 0 saturated carbocycles. The van der Waals surface area contributed by atoms with Crippen LogP contribution in [0.3, 0.4) is 0 Å². The van der Waals surface area contributed by atoms with Crippen molar-refractivity contribution in [2.45, 2.75) is 53.4 Å². The summed E-state index contributed by atoms with van der Waals surface area (Å²) in [7, 11) is 0. The number of H-pyrrole nitrogens is 1. The molecule has 4 rings (SSSR count). The van der Waals surface area contributed by atoms with E-state index in [2.05, 4.69) is 56.9 Å². The molecule has 0 radical (unpaired) electrons. The van der Waals surface area contributed by atoms with Crippen molar-refractivity contribution in [3.8, 4) is 6.07 Å². The summed E-state index contributed by atoms with van der Waals surface area (Å²) in [5, 5.41) is 11.8. The molecule has 0 saturated heterocycles. The van der Waals surface area contributed by atoms with E-state index in [4.69, 9.17) is 4.99 Å². The van der Waals surface area contributed by atoms with Crippen LogP contribution in [0.4, 0.5) is 5.00 Å². The van der Waals surface area contributed by atoms with Gasteiger partial charge in [0.25, 0.3) is 0 Å². The Bertz CT molecular complexity index is 1090. The van der Waals surface area contributed by atoms with Crippen LogP contribution >= 0.6 is 11.3 Å². The Morgan fingerprint density at radius 2 is 2.18 bits per heavy atom. The Morgan fingerprint density at radius 3 is 2.89 bits per heavy atom. The number of rotatable bonds is 3. The summed E-state index contributed by atoms with van der Waals surface area (Å²) in [5.74, 6) is 0.670. The molecule has 0 bridgehead atoms. The average molecular weight is 390 g/mol. The number of aryl methyl sites for hydroxylation is 1. The number of nitriles is 1. The predicted octanol–water partition coefficient (Wildman–Crippen LogP) is 6.57. The molecule has 1 aliphatic carbocycles. The van der Waals surface area contributed by atoms with Crippen LogP contribution in [0.5, 0.6) is 0 Å². The van der Waals surface area contributed by atoms with Crippen molar-refractivity contribution in [1.29, 1.82) is 5.26 Å². The van der Waals surface area contributed by atoms with Gasteiger partial charge in [0.15, 0.2) is 0 Å². The summed E-state index contributed by atoms with van der Waals surface area (Å²) in [6.07, 6.45) is 8.16. The van der Waals surface area contributed by atoms with Crippen LogP contribution in [0.2, 0.25) is 0 Å². The van der Waals surface area contributed by atoms with Gasteiger partial charge in [0.05, 0.1) is 5.56 Å². The van der Waals surface area contributed by atoms with E-state index in [-0.39, 0.29) is 0 Å². The number of thiophene rings is 1. The van der Waals surface area contributed by atoms with E-state index < -0.39 is 0 Å². The lowest BCUT2D eigenvalue weighted by Gasteiger charge is -2.33. The number of nitrogens with one attached hydrogen (secondary N) is 1. The van der Waals surface area contributed by atoms with Gasteiger partial charge in [0.1, 0.15) is 11.1 Å². The largest absolute Gasteiger partial charge is 0.360 e. The van der Waals surface area contributed by atoms with E-state index in [0.717, 1.165) is 41.8 Å². The van der Waals surface area contributed by atoms with Gasteiger partial charge in [-0.3, -0.25) is 0 Å². The summed E-state index contributed by atoms with van der Waals surface area (Å²) in [5.41, 5.74) is 5.91. The first-order chi connectivity index (χ1) is 13.4. The van der Waals surface area contributed by atoms with E-state index in [1.807, 2.05) is 12.4 Å². The van der Waals surface area contributed by atoms with Gasteiger partial charge in [-0.05, 0) is 48.1 Å². The fourth-order valence-corrected chi connectivity index (χ4v) is 5.51. The third kappa shape index (κ3) is 3.29. The van der Waals surface area contributed by atoms with Crippen molar-refractivity contribution in [3.05, 3.63) is 51.5 Å². The number of nitrogens with zero attached hydrogens (tertiary/aromatic N) is 2. The molecular weight excluding hydrogens is 362 g/mol. The first-order valence-corrected chi connectivity index (χ1v) is 10.9. The van der Waals surface area contributed by atoms with Crippen LogP contribution in [-0.2, 0) is 19.3 Å². The van der Waals surface area contributed by atoms with Crippen LogP contribution in [0.25, 0.3) is 10.9 Å². The van der Waals surface area contributed by atoms with Crippen LogP contribution < -0.4 is 0 Å². The molecule has 0 fully saturated rings. The lowest BCUT2D eigenvalue weighted by Crippen LogP contribution is -2.26. The zero-order chi connectivity index (χ0) is 19.9. The van der Waals surface area contributed by atoms with Gasteiger partial charge < -0.3 is 4.98 Å². The molecule has 4 heteroatoms. The number of hydrogen-bond donors (Lipinski definition) is 1. The molecule has 1 aliphatic rings. The molecule has 1 aromatic carbocycles. The number of aliphatic imine (C=N–C) groups is 1. The number of para-hydroxylation sites is 1.